The fourth-order valence-electron chi connectivity index (χ4n) is 5.49. The third kappa shape index (κ3) is 7.23. The highest BCUT2D eigenvalue weighted by molar-refractivity contribution is 5.81. The number of amides is 1. The Morgan fingerprint density at radius 1 is 1.24 bits per heavy atom. The number of aliphatic hydroxyl groups excluding tert-OH is 1. The van der Waals surface area contributed by atoms with E-state index < -0.39 is 23.7 Å². The molecule has 1 saturated heterocycles. The molecule has 3 aromatic rings. The molecule has 1 aromatic carbocycles. The minimum Gasteiger partial charge on any atom is -0.459 e. The molecule has 2 aromatic heterocycles. The molecular weight excluding hydrogens is 522 g/mol. The van der Waals surface area contributed by atoms with Gasteiger partial charge in [0.05, 0.1) is 17.1 Å². The summed E-state index contributed by atoms with van der Waals surface area (Å²) in [6.45, 7) is 12.9. The second-order valence-corrected chi connectivity index (χ2v) is 12.3. The first-order valence-electron chi connectivity index (χ1n) is 14.3. The quantitative estimate of drug-likeness (QED) is 0.403. The Kier molecular flexibility index (Phi) is 9.03. The number of aromatic nitrogens is 3. The molecule has 0 saturated carbocycles. The summed E-state index contributed by atoms with van der Waals surface area (Å²) < 4.78 is 9.26. The van der Waals surface area contributed by atoms with Crippen LogP contribution in [0.25, 0.3) is 22.4 Å². The van der Waals surface area contributed by atoms with E-state index in [0.29, 0.717) is 25.2 Å². The number of esters is 1. The van der Waals surface area contributed by atoms with Crippen molar-refractivity contribution < 1.29 is 19.4 Å². The zero-order valence-corrected chi connectivity index (χ0v) is 25.2. The lowest BCUT2D eigenvalue weighted by molar-refractivity contribution is -0.160. The van der Waals surface area contributed by atoms with E-state index in [0.717, 1.165) is 47.4 Å². The van der Waals surface area contributed by atoms with Gasteiger partial charge in [0, 0.05) is 57.5 Å². The molecule has 2 unspecified atom stereocenters. The molecule has 2 N–H and O–H groups in total. The number of ether oxygens (including phenoxy) is 1. The third-order valence-electron chi connectivity index (χ3n) is 7.51. The number of carbonyl (C=O) groups excluding carboxylic acids is 2. The van der Waals surface area contributed by atoms with Gasteiger partial charge in [-0.05, 0) is 77.1 Å². The number of pyridine rings is 1. The monoisotopic (exact) mass is 565 g/mol. The maximum atomic E-state index is 12.7. The average Bonchev–Trinajstić information content (AvgIpc) is 3.23. The predicted octanol–water partition coefficient (Wildman–Crippen LogP) is 3.15. The number of aryl methyl sites for hydroxylation is 2. The summed E-state index contributed by atoms with van der Waals surface area (Å²) in [7, 11) is 1.74. The zero-order valence-electron chi connectivity index (χ0n) is 25.2. The molecule has 4 rings (SSSR count). The summed E-state index contributed by atoms with van der Waals surface area (Å²) in [5, 5.41) is 13.4. The van der Waals surface area contributed by atoms with E-state index in [1.54, 1.807) is 53.2 Å². The van der Waals surface area contributed by atoms with Gasteiger partial charge < -0.3 is 23.9 Å². The summed E-state index contributed by atoms with van der Waals surface area (Å²) >= 11 is 0. The van der Waals surface area contributed by atoms with Gasteiger partial charge in [-0.2, -0.15) is 0 Å². The molecule has 0 radical (unpaired) electrons. The van der Waals surface area contributed by atoms with Crippen LogP contribution in [-0.2, 0) is 34.5 Å². The fourth-order valence-corrected chi connectivity index (χ4v) is 5.49. The number of piperidine rings is 1. The topological polar surface area (TPSA) is 119 Å². The lowest BCUT2D eigenvalue weighted by Gasteiger charge is -2.32. The Morgan fingerprint density at radius 2 is 1.98 bits per heavy atom. The number of aliphatic hydroxyl groups is 1. The minimum absolute atomic E-state index is 0.0493. The Labute approximate surface area is 241 Å². The van der Waals surface area contributed by atoms with Crippen molar-refractivity contribution in [1.29, 1.82) is 0 Å². The first-order valence-corrected chi connectivity index (χ1v) is 14.3. The molecule has 0 bridgehead atoms. The summed E-state index contributed by atoms with van der Waals surface area (Å²) in [6.07, 6.45) is 2.86. The summed E-state index contributed by atoms with van der Waals surface area (Å²) in [5.41, 5.74) is 3.42. The van der Waals surface area contributed by atoms with Crippen LogP contribution in [0.15, 0.2) is 35.3 Å². The molecule has 10 nitrogen and oxygen atoms in total. The zero-order chi connectivity index (χ0) is 30.1. The molecule has 1 amide bonds. The molecule has 0 spiro atoms. The third-order valence-corrected chi connectivity index (χ3v) is 7.51. The molecule has 0 aliphatic carbocycles. The number of nitrogens with one attached hydrogen (secondary N) is 1. The second kappa shape index (κ2) is 12.2. The van der Waals surface area contributed by atoms with Crippen LogP contribution in [0.5, 0.6) is 0 Å². The maximum Gasteiger partial charge on any atom is 0.326 e. The normalized spacial score (nSPS) is 17.5. The van der Waals surface area contributed by atoms with Crippen molar-refractivity contribution in [2.75, 3.05) is 13.1 Å². The first kappa shape index (κ1) is 30.5. The van der Waals surface area contributed by atoms with Crippen molar-refractivity contribution >= 4 is 22.9 Å². The van der Waals surface area contributed by atoms with E-state index in [4.69, 9.17) is 9.72 Å². The summed E-state index contributed by atoms with van der Waals surface area (Å²) in [6, 6.07) is 6.99. The molecule has 10 heteroatoms. The number of rotatable bonds is 8. The summed E-state index contributed by atoms with van der Waals surface area (Å²) in [4.78, 5) is 44.1. The molecule has 1 fully saturated rings. The molecular formula is C31H43N5O5. The average molecular weight is 566 g/mol. The van der Waals surface area contributed by atoms with Crippen LogP contribution >= 0.6 is 0 Å². The molecule has 41 heavy (non-hydrogen) atoms. The largest absolute Gasteiger partial charge is 0.459 e. The number of imidazole rings is 1. The van der Waals surface area contributed by atoms with E-state index in [2.05, 4.69) is 9.88 Å². The van der Waals surface area contributed by atoms with Gasteiger partial charge in [0.15, 0.2) is 0 Å². The fraction of sp³-hybridized carbons (Fsp3) is 0.548. The number of hydrogen-bond acceptors (Lipinski definition) is 7. The Morgan fingerprint density at radius 3 is 2.61 bits per heavy atom. The second-order valence-electron chi connectivity index (χ2n) is 12.3. The van der Waals surface area contributed by atoms with Crippen LogP contribution in [0.2, 0.25) is 0 Å². The Hall–Kier alpha value is -3.50. The molecule has 1 aliphatic rings. The van der Waals surface area contributed by atoms with Crippen LogP contribution in [0.4, 0.5) is 0 Å². The van der Waals surface area contributed by atoms with Gasteiger partial charge in [0.25, 0.3) is 5.56 Å². The van der Waals surface area contributed by atoms with Gasteiger partial charge in [-0.3, -0.25) is 19.7 Å². The molecule has 1 aliphatic heterocycles. The highest BCUT2D eigenvalue weighted by atomic mass is 16.6. The van der Waals surface area contributed by atoms with Crippen molar-refractivity contribution in [2.24, 2.45) is 13.0 Å². The van der Waals surface area contributed by atoms with Crippen LogP contribution in [-0.4, -0.2) is 66.8 Å². The number of nitrogens with zero attached hydrogens (tertiary/aromatic N) is 4. The Bertz CT molecular complexity index is 1460. The van der Waals surface area contributed by atoms with Crippen LogP contribution < -0.4 is 10.9 Å². The van der Waals surface area contributed by atoms with E-state index in [1.807, 2.05) is 35.4 Å². The van der Waals surface area contributed by atoms with Crippen molar-refractivity contribution in [3.63, 3.8) is 0 Å². The molecule has 3 atom stereocenters. The smallest absolute Gasteiger partial charge is 0.326 e. The van der Waals surface area contributed by atoms with Gasteiger partial charge >= 0.3 is 5.97 Å². The van der Waals surface area contributed by atoms with Crippen molar-refractivity contribution in [1.82, 2.24) is 24.3 Å². The van der Waals surface area contributed by atoms with Crippen LogP contribution in [0, 0.1) is 12.8 Å². The van der Waals surface area contributed by atoms with Crippen molar-refractivity contribution in [3.05, 3.63) is 51.9 Å². The molecule has 3 heterocycles. The van der Waals surface area contributed by atoms with E-state index in [1.165, 1.54) is 0 Å². The number of likely N-dealkylation sites (tertiary alicyclic amines) is 1. The van der Waals surface area contributed by atoms with Crippen molar-refractivity contribution in [3.8, 4) is 11.4 Å². The van der Waals surface area contributed by atoms with Crippen LogP contribution in [0.1, 0.15) is 58.6 Å². The van der Waals surface area contributed by atoms with Crippen LogP contribution in [0.3, 0.4) is 0 Å². The lowest BCUT2D eigenvalue weighted by Crippen LogP contribution is -2.47. The minimum atomic E-state index is -0.933. The van der Waals surface area contributed by atoms with Gasteiger partial charge in [0.1, 0.15) is 17.5 Å². The SMILES string of the molecule is CC(=O)N1CCC[C@H](Cn2c(-c3cc(C)c(=O)n(C)c3)nc3cc(CNC(C(=O)OC(C)(C)C)C(C)O)ccc32)C1. The van der Waals surface area contributed by atoms with Gasteiger partial charge in [-0.25, -0.2) is 4.98 Å². The number of carbonyl (C=O) groups is 2. The van der Waals surface area contributed by atoms with E-state index in [9.17, 15) is 19.5 Å². The van der Waals surface area contributed by atoms with Crippen molar-refractivity contribution in [2.45, 2.75) is 85.2 Å². The van der Waals surface area contributed by atoms with E-state index >= 15 is 0 Å². The number of hydrogen-bond donors (Lipinski definition) is 2. The first-order chi connectivity index (χ1) is 19.2. The number of fused-ring (bicyclic) bond motifs is 1. The lowest BCUT2D eigenvalue weighted by atomic mass is 9.97. The van der Waals surface area contributed by atoms with Gasteiger partial charge in [-0.15, -0.1) is 0 Å². The predicted molar refractivity (Wildman–Crippen MR) is 158 cm³/mol. The summed E-state index contributed by atoms with van der Waals surface area (Å²) in [5.74, 6) is 0.634. The van der Waals surface area contributed by atoms with Gasteiger partial charge in [-0.1, -0.05) is 6.07 Å². The standard InChI is InChI=1S/C31H43N5O5/c1-19-13-24(18-34(7)29(19)39)28-33-25-14-22(15-32-27(20(2)37)30(40)41-31(4,5)6)10-11-26(25)36(28)17-23-9-8-12-35(16-23)21(3)38/h10-11,13-14,18,20,23,27,32,37H,8-9,12,15-17H2,1-7H3/t20?,23-,27?/m0/s1. The highest BCUT2D eigenvalue weighted by Crippen LogP contribution is 2.29. The maximum absolute atomic E-state index is 12.7. The Balaban J connectivity index is 1.68. The molecule has 222 valence electrons. The number of benzene rings is 1. The van der Waals surface area contributed by atoms with Gasteiger partial charge in [0.2, 0.25) is 5.91 Å². The van der Waals surface area contributed by atoms with E-state index in [-0.39, 0.29) is 17.4 Å². The highest BCUT2D eigenvalue weighted by Gasteiger charge is 2.29.